The van der Waals surface area contributed by atoms with Crippen LogP contribution in [0, 0.1) is 0 Å². The second-order valence-corrected chi connectivity index (χ2v) is 13.2. The summed E-state index contributed by atoms with van der Waals surface area (Å²) in [6.07, 6.45) is 10.1. The van der Waals surface area contributed by atoms with Gasteiger partial charge in [0.15, 0.2) is 17.2 Å². The summed E-state index contributed by atoms with van der Waals surface area (Å²) >= 11 is 0. The molecule has 0 aliphatic carbocycles. The molecule has 0 aromatic carbocycles. The predicted molar refractivity (Wildman–Crippen MR) is 204 cm³/mol. The minimum Gasteiger partial charge on any atom is -0.870 e. The van der Waals surface area contributed by atoms with E-state index in [1.54, 1.807) is 6.92 Å². The van der Waals surface area contributed by atoms with Crippen molar-refractivity contribution >= 4 is 41.3 Å². The number of aliphatic carboxylic acids is 1. The van der Waals surface area contributed by atoms with Gasteiger partial charge in [-0.05, 0) is 84.5 Å². The molecule has 330 valence electrons. The van der Waals surface area contributed by atoms with Crippen molar-refractivity contribution in [2.45, 2.75) is 143 Å². The summed E-state index contributed by atoms with van der Waals surface area (Å²) in [6.45, 7) is 11.7. The van der Waals surface area contributed by atoms with Crippen molar-refractivity contribution in [3.63, 3.8) is 0 Å². The number of carbonyl (C=O) groups is 7. The average Bonchev–Trinajstić information content (AvgIpc) is 3.66. The maximum Gasteiger partial charge on any atom is 1.00 e. The zero-order valence-corrected chi connectivity index (χ0v) is 34.3. The van der Waals surface area contributed by atoms with Crippen molar-refractivity contribution in [1.29, 1.82) is 0 Å². The molecule has 20 heteroatoms. The first-order valence-electron chi connectivity index (χ1n) is 18.2. The van der Waals surface area contributed by atoms with Crippen molar-refractivity contribution in [1.82, 2.24) is 10.6 Å². The normalized spacial score (nSPS) is 24.2. The minimum atomic E-state index is -1.20. The SMILES string of the molecule is C.CC(=O)C1(CN)CCCCO1.CC(=O)NCC1(C(=O)O)CCCCO1.CC(=O)NCC1(C(C)=O)CCCCO1.CC(=O)OC(C)=O.O.OCC1CCCO1.[Li+].[OH-]. The number of aliphatic hydroxyl groups is 1. The number of amides is 2. The van der Waals surface area contributed by atoms with Crippen molar-refractivity contribution in [2.75, 3.05) is 52.7 Å². The molecule has 4 fully saturated rings. The summed E-state index contributed by atoms with van der Waals surface area (Å²) in [6, 6.07) is 0. The molecular weight excluding hydrogens is 749 g/mol. The van der Waals surface area contributed by atoms with Crippen molar-refractivity contribution < 1.29 is 97.3 Å². The Kier molecular flexibility index (Phi) is 37.9. The fraction of sp³-hybridized carbons (Fsp3) is 0.811. The maximum atomic E-state index is 11.5. The van der Waals surface area contributed by atoms with Crippen LogP contribution in [-0.4, -0.2) is 138 Å². The first-order valence-corrected chi connectivity index (χ1v) is 18.2. The molecule has 0 radical (unpaired) electrons. The quantitative estimate of drug-likeness (QED) is 0.0970. The molecule has 4 saturated heterocycles. The number of nitrogens with one attached hydrogen (secondary N) is 2. The van der Waals surface area contributed by atoms with Crippen LogP contribution in [0.5, 0.6) is 0 Å². The van der Waals surface area contributed by atoms with Gasteiger partial charge >= 0.3 is 36.8 Å². The Bertz CT molecular complexity index is 1100. The smallest absolute Gasteiger partial charge is 0.870 e. The van der Waals surface area contributed by atoms with E-state index >= 15 is 0 Å². The standard InChI is InChI=1S/C10H17NO3.C9H15NO4.C8H15NO2.C5H10O2.C4H6O3.CH4.Li.2H2O/c1-8(12)10(7-11-9(2)13)5-3-4-6-14-10;1-7(11)10-6-9(8(12)13)4-2-3-5-14-9;1-7(10)8(6-9)4-2-3-5-11-8;6-4-5-2-1-3-7-5;1-3(5)7-4(2)6;;;;/h3-7H2,1-2H3,(H,11,13);2-6H2,1H3,(H,10,11)(H,12,13);2-6,9H2,1H3;5-6H,1-4H2;1-2H3;1H4;;2*1H2/q;;;;;;+1;;/p-1. The minimum absolute atomic E-state index is 0. The van der Waals surface area contributed by atoms with Gasteiger partial charge in [-0.15, -0.1) is 0 Å². The van der Waals surface area contributed by atoms with E-state index in [-0.39, 0.29) is 79.9 Å². The number of nitrogens with two attached hydrogens (primary N) is 1. The van der Waals surface area contributed by atoms with Gasteiger partial charge in [0, 0.05) is 60.7 Å². The van der Waals surface area contributed by atoms with E-state index in [2.05, 4.69) is 15.4 Å². The molecule has 4 aliphatic rings. The van der Waals surface area contributed by atoms with Crippen LogP contribution in [0.2, 0.25) is 0 Å². The third-order valence-corrected chi connectivity index (χ3v) is 8.82. The fourth-order valence-corrected chi connectivity index (χ4v) is 5.59. The van der Waals surface area contributed by atoms with Crippen LogP contribution in [0.3, 0.4) is 0 Å². The van der Waals surface area contributed by atoms with Gasteiger partial charge < -0.3 is 61.2 Å². The molecule has 4 heterocycles. The molecule has 4 unspecified atom stereocenters. The summed E-state index contributed by atoms with van der Waals surface area (Å²) in [4.78, 5) is 74.7. The van der Waals surface area contributed by atoms with Crippen LogP contribution in [0.25, 0.3) is 0 Å². The number of hydrogen-bond acceptors (Lipinski definition) is 15. The number of carbonyl (C=O) groups excluding carboxylic acids is 6. The zero-order valence-electron chi connectivity index (χ0n) is 34.3. The molecule has 0 aromatic heterocycles. The summed E-state index contributed by atoms with van der Waals surface area (Å²) in [5, 5.41) is 22.6. The Hall–Kier alpha value is -2.83. The molecule has 57 heavy (non-hydrogen) atoms. The number of aliphatic hydroxyl groups excluding tert-OH is 1. The molecule has 9 N–H and O–H groups in total. The second-order valence-electron chi connectivity index (χ2n) is 13.2. The Labute approximate surface area is 349 Å². The largest absolute Gasteiger partial charge is 1.00 e. The van der Waals surface area contributed by atoms with Crippen molar-refractivity contribution in [3.05, 3.63) is 0 Å². The molecular formula is C37H70LiN3O16. The van der Waals surface area contributed by atoms with E-state index in [1.807, 2.05) is 0 Å². The topological polar surface area (TPSA) is 318 Å². The van der Waals surface area contributed by atoms with Gasteiger partial charge in [-0.25, -0.2) is 4.79 Å². The van der Waals surface area contributed by atoms with Crippen LogP contribution in [0.1, 0.15) is 120 Å². The van der Waals surface area contributed by atoms with E-state index in [9.17, 15) is 33.6 Å². The van der Waals surface area contributed by atoms with Gasteiger partial charge in [-0.2, -0.15) is 0 Å². The molecule has 4 rings (SSSR count). The number of carboxylic acid groups (broad SMARTS) is 1. The van der Waals surface area contributed by atoms with Crippen molar-refractivity contribution in [3.8, 4) is 0 Å². The molecule has 0 saturated carbocycles. The van der Waals surface area contributed by atoms with Gasteiger partial charge in [0.25, 0.3) is 0 Å². The first-order chi connectivity index (χ1) is 24.9. The average molecular weight is 820 g/mol. The zero-order chi connectivity index (χ0) is 40.5. The van der Waals surface area contributed by atoms with Gasteiger partial charge in [0.1, 0.15) is 11.2 Å². The van der Waals surface area contributed by atoms with Gasteiger partial charge in [-0.3, -0.25) is 28.8 Å². The van der Waals surface area contributed by atoms with Crippen molar-refractivity contribution in [2.24, 2.45) is 5.73 Å². The van der Waals surface area contributed by atoms with Gasteiger partial charge in [-0.1, -0.05) is 7.43 Å². The summed E-state index contributed by atoms with van der Waals surface area (Å²) in [7, 11) is 0. The third-order valence-electron chi connectivity index (χ3n) is 8.82. The Morgan fingerprint density at radius 2 is 1.05 bits per heavy atom. The number of ether oxygens (including phenoxy) is 5. The van der Waals surface area contributed by atoms with Crippen LogP contribution < -0.4 is 35.2 Å². The number of carboxylic acids is 1. The van der Waals surface area contributed by atoms with Crippen LogP contribution in [0.4, 0.5) is 0 Å². The fourth-order valence-electron chi connectivity index (χ4n) is 5.59. The first kappa shape index (κ1) is 63.3. The monoisotopic (exact) mass is 819 g/mol. The molecule has 0 spiro atoms. The van der Waals surface area contributed by atoms with E-state index in [4.69, 9.17) is 34.9 Å². The van der Waals surface area contributed by atoms with Gasteiger partial charge in [0.05, 0.1) is 25.8 Å². The number of rotatable bonds is 9. The van der Waals surface area contributed by atoms with Crippen LogP contribution in [-0.2, 0) is 57.2 Å². The molecule has 0 bridgehead atoms. The van der Waals surface area contributed by atoms with Gasteiger partial charge in [0.2, 0.25) is 11.8 Å². The summed E-state index contributed by atoms with van der Waals surface area (Å²) in [5.74, 6) is -2.41. The Morgan fingerprint density at radius 3 is 1.26 bits per heavy atom. The summed E-state index contributed by atoms with van der Waals surface area (Å²) in [5.41, 5.74) is 2.89. The van der Waals surface area contributed by atoms with E-state index in [0.717, 1.165) is 64.4 Å². The molecule has 4 aliphatic heterocycles. The maximum absolute atomic E-state index is 11.5. The van der Waals surface area contributed by atoms with E-state index in [0.29, 0.717) is 45.8 Å². The molecule has 0 aromatic rings. The second kappa shape index (κ2) is 34.1. The van der Waals surface area contributed by atoms with E-state index < -0.39 is 34.7 Å². The molecule has 4 atom stereocenters. The number of esters is 2. The predicted octanol–water partition coefficient (Wildman–Crippen LogP) is -1.84. The Balaban J connectivity index is -0.000000199. The summed E-state index contributed by atoms with van der Waals surface area (Å²) < 4.78 is 25.2. The van der Waals surface area contributed by atoms with Crippen LogP contribution in [0.15, 0.2) is 0 Å². The Morgan fingerprint density at radius 1 is 0.667 bits per heavy atom. The van der Waals surface area contributed by atoms with E-state index in [1.165, 1.54) is 34.6 Å². The third kappa shape index (κ3) is 26.0. The number of hydrogen-bond donors (Lipinski definition) is 5. The molecule has 2 amide bonds. The number of ketones is 2. The van der Waals surface area contributed by atoms with Crippen LogP contribution >= 0.6 is 0 Å². The molecule has 19 nitrogen and oxygen atoms in total. The number of Topliss-reactive ketones (excluding diaryl/α,β-unsaturated/α-hetero) is 2.